The Bertz CT molecular complexity index is 1250. The van der Waals surface area contributed by atoms with Gasteiger partial charge < -0.3 is 9.47 Å². The van der Waals surface area contributed by atoms with Crippen molar-refractivity contribution >= 4 is 34.2 Å². The van der Waals surface area contributed by atoms with Crippen molar-refractivity contribution in [3.63, 3.8) is 0 Å². The van der Waals surface area contributed by atoms with E-state index in [4.69, 9.17) is 11.6 Å². The van der Waals surface area contributed by atoms with Crippen LogP contribution in [0.4, 0.5) is 0 Å². The number of aldehydes is 1. The lowest BCUT2D eigenvalue weighted by Crippen LogP contribution is -2.10. The Kier molecular flexibility index (Phi) is 8.05. The van der Waals surface area contributed by atoms with Gasteiger partial charge in [0, 0.05) is 32.6 Å². The van der Waals surface area contributed by atoms with Crippen molar-refractivity contribution in [2.24, 2.45) is 4.40 Å². The van der Waals surface area contributed by atoms with Crippen LogP contribution in [0.1, 0.15) is 41.6 Å². The Morgan fingerprint density at radius 2 is 1.82 bits per heavy atom. The van der Waals surface area contributed by atoms with E-state index in [1.165, 1.54) is 6.34 Å². The number of nitrogens with zero attached hydrogens (tertiary/aromatic N) is 4. The van der Waals surface area contributed by atoms with Gasteiger partial charge in [0.25, 0.3) is 10.0 Å². The van der Waals surface area contributed by atoms with Gasteiger partial charge in [0.2, 0.25) is 0 Å². The fraction of sp³-hybridized carbons (Fsp3) is 0.292. The number of benzene rings is 2. The molecule has 0 aliphatic carbocycles. The van der Waals surface area contributed by atoms with Gasteiger partial charge in [-0.1, -0.05) is 67.4 Å². The summed E-state index contributed by atoms with van der Waals surface area (Å²) in [6.45, 7) is 2.54. The van der Waals surface area contributed by atoms with Crippen LogP contribution in [0.15, 0.2) is 57.8 Å². The molecule has 3 aromatic rings. The van der Waals surface area contributed by atoms with Crippen LogP contribution in [-0.4, -0.2) is 49.6 Å². The van der Waals surface area contributed by atoms with Crippen molar-refractivity contribution in [3.05, 3.63) is 70.8 Å². The van der Waals surface area contributed by atoms with Gasteiger partial charge in [-0.05, 0) is 23.6 Å². The number of rotatable bonds is 10. The van der Waals surface area contributed by atoms with E-state index in [0.717, 1.165) is 42.5 Å². The molecule has 174 valence electrons. The standard InChI is InChI=1S/C24H27ClN4O3S/c1-4-5-10-23-27-24(25)21(16-30)29(23)15-18-11-13-19(14-12-18)20-8-6-7-9-22(20)33(31,32)26-17-28(2)3/h6-9,11-14,16-17H,4-5,10,15H2,1-3H3. The maximum absolute atomic E-state index is 12.8. The van der Waals surface area contributed by atoms with Crippen molar-refractivity contribution in [1.82, 2.24) is 14.5 Å². The number of unbranched alkanes of at least 4 members (excludes halogenated alkanes) is 1. The zero-order valence-electron chi connectivity index (χ0n) is 18.9. The van der Waals surface area contributed by atoms with E-state index >= 15 is 0 Å². The summed E-state index contributed by atoms with van der Waals surface area (Å²) in [5.74, 6) is 0.781. The summed E-state index contributed by atoms with van der Waals surface area (Å²) in [5.41, 5.74) is 2.63. The molecular weight excluding hydrogens is 460 g/mol. The number of aryl methyl sites for hydroxylation is 1. The van der Waals surface area contributed by atoms with Crippen LogP contribution >= 0.6 is 11.6 Å². The number of imidazole rings is 1. The van der Waals surface area contributed by atoms with Gasteiger partial charge in [-0.25, -0.2) is 4.98 Å². The topological polar surface area (TPSA) is 84.6 Å². The molecule has 0 radical (unpaired) electrons. The van der Waals surface area contributed by atoms with E-state index in [-0.39, 0.29) is 10.0 Å². The molecule has 2 aromatic carbocycles. The third-order valence-corrected chi connectivity index (χ3v) is 6.66. The number of hydrogen-bond donors (Lipinski definition) is 0. The van der Waals surface area contributed by atoms with E-state index in [9.17, 15) is 13.2 Å². The first kappa shape index (κ1) is 24.7. The van der Waals surface area contributed by atoms with E-state index in [1.807, 2.05) is 28.8 Å². The second-order valence-electron chi connectivity index (χ2n) is 7.86. The van der Waals surface area contributed by atoms with Crippen LogP contribution < -0.4 is 0 Å². The number of sulfonamides is 1. The molecule has 0 amide bonds. The molecule has 0 bridgehead atoms. The number of carbonyl (C=O) groups is 1. The van der Waals surface area contributed by atoms with Crippen molar-refractivity contribution in [2.45, 2.75) is 37.6 Å². The van der Waals surface area contributed by atoms with Gasteiger partial charge in [0.1, 0.15) is 17.9 Å². The fourth-order valence-electron chi connectivity index (χ4n) is 3.41. The molecule has 7 nitrogen and oxygen atoms in total. The summed E-state index contributed by atoms with van der Waals surface area (Å²) in [6, 6.07) is 14.3. The second-order valence-corrected chi connectivity index (χ2v) is 9.82. The lowest BCUT2D eigenvalue weighted by atomic mass is 10.0. The highest BCUT2D eigenvalue weighted by molar-refractivity contribution is 7.90. The third kappa shape index (κ3) is 5.89. The summed E-state index contributed by atoms with van der Waals surface area (Å²) in [5, 5.41) is 0.213. The minimum Gasteiger partial charge on any atom is -0.368 e. The molecule has 9 heteroatoms. The van der Waals surface area contributed by atoms with Crippen LogP contribution in [0, 0.1) is 0 Å². The smallest absolute Gasteiger partial charge is 0.284 e. The zero-order valence-corrected chi connectivity index (χ0v) is 20.5. The van der Waals surface area contributed by atoms with E-state index < -0.39 is 10.0 Å². The van der Waals surface area contributed by atoms with Crippen LogP contribution in [-0.2, 0) is 23.0 Å². The van der Waals surface area contributed by atoms with Gasteiger partial charge in [0.15, 0.2) is 11.4 Å². The van der Waals surface area contributed by atoms with Gasteiger partial charge >= 0.3 is 0 Å². The molecule has 0 fully saturated rings. The Balaban J connectivity index is 1.93. The maximum atomic E-state index is 12.8. The molecule has 0 spiro atoms. The van der Waals surface area contributed by atoms with Crippen LogP contribution in [0.3, 0.4) is 0 Å². The van der Waals surface area contributed by atoms with E-state index in [0.29, 0.717) is 17.8 Å². The van der Waals surface area contributed by atoms with Crippen molar-refractivity contribution in [2.75, 3.05) is 14.1 Å². The lowest BCUT2D eigenvalue weighted by Gasteiger charge is -2.12. The van der Waals surface area contributed by atoms with Crippen molar-refractivity contribution in [1.29, 1.82) is 0 Å². The Morgan fingerprint density at radius 1 is 1.12 bits per heavy atom. The van der Waals surface area contributed by atoms with Gasteiger partial charge in [0.05, 0.1) is 4.90 Å². The average molecular weight is 487 g/mol. The molecule has 0 N–H and O–H groups in total. The molecule has 0 saturated heterocycles. The average Bonchev–Trinajstić information content (AvgIpc) is 3.10. The first-order valence-corrected chi connectivity index (χ1v) is 12.4. The largest absolute Gasteiger partial charge is 0.368 e. The summed E-state index contributed by atoms with van der Waals surface area (Å²) < 4.78 is 31.1. The SMILES string of the molecule is CCCCc1nc(Cl)c(C=O)n1Cc1ccc(-c2ccccc2S(=O)(=O)N=CN(C)C)cc1. The summed E-state index contributed by atoms with van der Waals surface area (Å²) in [4.78, 5) is 17.6. The zero-order chi connectivity index (χ0) is 24.0. The van der Waals surface area contributed by atoms with Crippen LogP contribution in [0.5, 0.6) is 0 Å². The first-order valence-electron chi connectivity index (χ1n) is 10.6. The number of hydrogen-bond acceptors (Lipinski definition) is 4. The molecule has 1 aromatic heterocycles. The predicted molar refractivity (Wildman–Crippen MR) is 132 cm³/mol. The number of halogens is 1. The predicted octanol–water partition coefficient (Wildman–Crippen LogP) is 4.69. The third-order valence-electron chi connectivity index (χ3n) is 5.09. The Hall–Kier alpha value is -2.97. The molecule has 0 atom stereocenters. The fourth-order valence-corrected chi connectivity index (χ4v) is 4.80. The number of carbonyl (C=O) groups excluding carboxylic acids is 1. The van der Waals surface area contributed by atoms with E-state index in [1.54, 1.807) is 43.3 Å². The highest BCUT2D eigenvalue weighted by atomic mass is 35.5. The number of aromatic nitrogens is 2. The quantitative estimate of drug-likeness (QED) is 0.236. The summed E-state index contributed by atoms with van der Waals surface area (Å²) >= 11 is 6.17. The maximum Gasteiger partial charge on any atom is 0.284 e. The molecule has 33 heavy (non-hydrogen) atoms. The molecular formula is C24H27ClN4O3S. The van der Waals surface area contributed by atoms with Gasteiger partial charge in [-0.3, -0.25) is 4.79 Å². The van der Waals surface area contributed by atoms with Crippen molar-refractivity contribution in [3.8, 4) is 11.1 Å². The molecule has 0 saturated carbocycles. The normalized spacial score (nSPS) is 11.8. The van der Waals surface area contributed by atoms with E-state index in [2.05, 4.69) is 16.3 Å². The van der Waals surface area contributed by atoms with Gasteiger partial charge in [-0.15, -0.1) is 4.40 Å². The highest BCUT2D eigenvalue weighted by Crippen LogP contribution is 2.29. The minimum atomic E-state index is -3.85. The highest BCUT2D eigenvalue weighted by Gasteiger charge is 2.19. The summed E-state index contributed by atoms with van der Waals surface area (Å²) in [6.07, 6.45) is 4.70. The van der Waals surface area contributed by atoms with Gasteiger partial charge in [-0.2, -0.15) is 8.42 Å². The lowest BCUT2D eigenvalue weighted by molar-refractivity contribution is 0.111. The Morgan fingerprint density at radius 3 is 2.45 bits per heavy atom. The molecule has 3 rings (SSSR count). The monoisotopic (exact) mass is 486 g/mol. The Labute approximate surface area is 199 Å². The van der Waals surface area contributed by atoms with Crippen molar-refractivity contribution < 1.29 is 13.2 Å². The molecule has 0 unspecified atom stereocenters. The van der Waals surface area contributed by atoms with Crippen LogP contribution in [0.25, 0.3) is 11.1 Å². The molecule has 1 heterocycles. The second kappa shape index (κ2) is 10.8. The molecule has 0 aliphatic heterocycles. The molecule has 0 aliphatic rings. The summed E-state index contributed by atoms with van der Waals surface area (Å²) in [7, 11) is -0.433. The van der Waals surface area contributed by atoms with Crippen LogP contribution in [0.2, 0.25) is 5.15 Å². The minimum absolute atomic E-state index is 0.141. The first-order chi connectivity index (χ1) is 15.8.